The normalized spacial score (nSPS) is 10.8. The summed E-state index contributed by atoms with van der Waals surface area (Å²) >= 11 is 3.32. The Kier molecular flexibility index (Phi) is 4.89. The van der Waals surface area contributed by atoms with E-state index < -0.39 is 11.9 Å². The summed E-state index contributed by atoms with van der Waals surface area (Å²) in [4.78, 5) is 24.4. The molecule has 0 aliphatic carbocycles. The van der Waals surface area contributed by atoms with Gasteiger partial charge in [-0.05, 0) is 28.9 Å². The highest BCUT2D eigenvalue weighted by Gasteiger charge is 2.23. The van der Waals surface area contributed by atoms with Gasteiger partial charge in [-0.25, -0.2) is 9.48 Å². The van der Waals surface area contributed by atoms with E-state index in [2.05, 4.69) is 36.5 Å². The topological polar surface area (TPSA) is 109 Å². The van der Waals surface area contributed by atoms with E-state index in [-0.39, 0.29) is 11.4 Å². The van der Waals surface area contributed by atoms with E-state index >= 15 is 0 Å². The first kappa shape index (κ1) is 17.9. The predicted octanol–water partition coefficient (Wildman–Crippen LogP) is 1.43. The molecule has 0 saturated heterocycles. The maximum absolute atomic E-state index is 12.5. The number of hydrogen-bond donors (Lipinski definition) is 1. The van der Waals surface area contributed by atoms with E-state index in [4.69, 9.17) is 4.74 Å². The van der Waals surface area contributed by atoms with Crippen molar-refractivity contribution >= 4 is 33.5 Å². The number of ether oxygens (including phenoxy) is 1. The highest BCUT2D eigenvalue weighted by molar-refractivity contribution is 9.10. The van der Waals surface area contributed by atoms with Crippen molar-refractivity contribution in [2.75, 3.05) is 12.4 Å². The van der Waals surface area contributed by atoms with E-state index in [1.165, 1.54) is 11.8 Å². The van der Waals surface area contributed by atoms with Crippen LogP contribution in [-0.2, 0) is 18.5 Å². The molecule has 0 unspecified atom stereocenters. The van der Waals surface area contributed by atoms with Crippen molar-refractivity contribution in [3.05, 3.63) is 46.2 Å². The fourth-order valence-corrected chi connectivity index (χ4v) is 2.77. The minimum absolute atomic E-state index is 0.166. The zero-order valence-electron chi connectivity index (χ0n) is 14.3. The summed E-state index contributed by atoms with van der Waals surface area (Å²) in [5.74, 6) is -1.04. The zero-order chi connectivity index (χ0) is 18.8. The molecule has 3 heterocycles. The van der Waals surface area contributed by atoms with Crippen LogP contribution in [0.15, 0.2) is 29.1 Å². The lowest BCUT2D eigenvalue weighted by Crippen LogP contribution is -2.18. The van der Waals surface area contributed by atoms with E-state index in [1.807, 2.05) is 0 Å². The summed E-state index contributed by atoms with van der Waals surface area (Å²) in [6.07, 6.45) is 5.13. The Hall–Kier alpha value is -2.95. The monoisotopic (exact) mass is 421 g/mol. The highest BCUT2D eigenvalue weighted by Crippen LogP contribution is 2.21. The largest absolute Gasteiger partial charge is 0.464 e. The number of hydrogen-bond acceptors (Lipinski definition) is 6. The van der Waals surface area contributed by atoms with Crippen LogP contribution >= 0.6 is 15.9 Å². The molecule has 0 aromatic carbocycles. The van der Waals surface area contributed by atoms with E-state index in [9.17, 15) is 9.59 Å². The molecule has 0 radical (unpaired) electrons. The van der Waals surface area contributed by atoms with E-state index in [0.29, 0.717) is 18.1 Å². The lowest BCUT2D eigenvalue weighted by atomic mass is 10.2. The van der Waals surface area contributed by atoms with Gasteiger partial charge < -0.3 is 10.1 Å². The van der Waals surface area contributed by atoms with Gasteiger partial charge >= 0.3 is 5.97 Å². The first-order valence-electron chi connectivity index (χ1n) is 7.53. The summed E-state index contributed by atoms with van der Waals surface area (Å²) in [6, 6.07) is 1.58. The molecule has 0 atom stereocenters. The van der Waals surface area contributed by atoms with Crippen LogP contribution < -0.4 is 5.32 Å². The van der Waals surface area contributed by atoms with Crippen LogP contribution in [0.4, 0.5) is 5.69 Å². The molecule has 136 valence electrons. The number of amides is 1. The van der Waals surface area contributed by atoms with Gasteiger partial charge in [0.15, 0.2) is 11.4 Å². The molecule has 3 rings (SSSR count). The van der Waals surface area contributed by atoms with Crippen molar-refractivity contribution in [1.29, 1.82) is 0 Å². The van der Waals surface area contributed by atoms with Gasteiger partial charge in [-0.1, -0.05) is 0 Å². The number of aryl methyl sites for hydroxylation is 2. The number of carbonyl (C=O) groups is 2. The molecule has 26 heavy (non-hydrogen) atoms. The third-order valence-corrected chi connectivity index (χ3v) is 4.01. The second-order valence-corrected chi connectivity index (χ2v) is 6.37. The van der Waals surface area contributed by atoms with Crippen molar-refractivity contribution in [2.24, 2.45) is 7.05 Å². The summed E-state index contributed by atoms with van der Waals surface area (Å²) in [5, 5.41) is 15.2. The van der Waals surface area contributed by atoms with Crippen LogP contribution in [0.1, 0.15) is 26.7 Å². The second-order valence-electron chi connectivity index (χ2n) is 5.46. The van der Waals surface area contributed by atoms with Crippen LogP contribution in [0.5, 0.6) is 0 Å². The van der Waals surface area contributed by atoms with Crippen LogP contribution in [-0.4, -0.2) is 48.3 Å². The van der Waals surface area contributed by atoms with Crippen LogP contribution in [0.25, 0.3) is 0 Å². The highest BCUT2D eigenvalue weighted by atomic mass is 79.9. The minimum atomic E-state index is -0.585. The Balaban J connectivity index is 1.78. The van der Waals surface area contributed by atoms with Gasteiger partial charge in [0.2, 0.25) is 0 Å². The first-order valence-corrected chi connectivity index (χ1v) is 8.33. The molecule has 3 aromatic heterocycles. The fourth-order valence-electron chi connectivity index (χ4n) is 2.44. The van der Waals surface area contributed by atoms with Crippen molar-refractivity contribution in [2.45, 2.75) is 13.6 Å². The number of nitrogens with zero attached hydrogens (tertiary/aromatic N) is 6. The molecule has 0 fully saturated rings. The third kappa shape index (κ3) is 3.52. The summed E-state index contributed by atoms with van der Waals surface area (Å²) in [7, 11) is 2.87. The number of nitrogens with one attached hydrogen (secondary N) is 1. The number of esters is 1. The zero-order valence-corrected chi connectivity index (χ0v) is 15.9. The molecule has 3 aromatic rings. The quantitative estimate of drug-likeness (QED) is 0.624. The lowest BCUT2D eigenvalue weighted by molar-refractivity contribution is 0.0589. The van der Waals surface area contributed by atoms with Gasteiger partial charge in [0, 0.05) is 19.4 Å². The van der Waals surface area contributed by atoms with Crippen molar-refractivity contribution in [1.82, 2.24) is 29.3 Å². The van der Waals surface area contributed by atoms with Gasteiger partial charge in [-0.2, -0.15) is 15.3 Å². The van der Waals surface area contributed by atoms with Crippen molar-refractivity contribution < 1.29 is 14.3 Å². The SMILES string of the molecule is COC(=O)c1c(NC(=O)c2ccn(Cn3cc(Br)cn3)n2)c(C)nn1C. The van der Waals surface area contributed by atoms with Crippen LogP contribution in [0.2, 0.25) is 0 Å². The number of rotatable bonds is 5. The standard InChI is InChI=1S/C15H16BrN7O3/c1-9-12(13(15(25)26-3)21(2)19-9)18-14(24)11-4-5-22(20-11)8-23-7-10(16)6-17-23/h4-7H,8H2,1-3H3,(H,18,24). The Morgan fingerprint density at radius 2 is 2.08 bits per heavy atom. The Morgan fingerprint density at radius 1 is 1.31 bits per heavy atom. The maximum Gasteiger partial charge on any atom is 0.358 e. The first-order chi connectivity index (χ1) is 12.4. The number of carbonyl (C=O) groups excluding carboxylic acids is 2. The maximum atomic E-state index is 12.5. The van der Waals surface area contributed by atoms with Crippen molar-refractivity contribution in [3.8, 4) is 0 Å². The molecule has 0 aliphatic heterocycles. The lowest BCUT2D eigenvalue weighted by Gasteiger charge is -2.06. The summed E-state index contributed by atoms with van der Waals surface area (Å²) in [5.41, 5.74) is 1.17. The molecule has 0 spiro atoms. The predicted molar refractivity (Wildman–Crippen MR) is 94.8 cm³/mol. The average molecular weight is 422 g/mol. The Morgan fingerprint density at radius 3 is 2.73 bits per heavy atom. The summed E-state index contributed by atoms with van der Waals surface area (Å²) in [6.45, 7) is 2.05. The number of methoxy groups -OCH3 is 1. The van der Waals surface area contributed by atoms with Crippen LogP contribution in [0.3, 0.4) is 0 Å². The van der Waals surface area contributed by atoms with E-state index in [1.54, 1.807) is 48.0 Å². The molecule has 0 bridgehead atoms. The molecule has 11 heteroatoms. The van der Waals surface area contributed by atoms with Gasteiger partial charge in [0.05, 0.1) is 29.2 Å². The van der Waals surface area contributed by atoms with Gasteiger partial charge in [0.1, 0.15) is 6.67 Å². The average Bonchev–Trinajstić information content (AvgIpc) is 3.28. The molecular formula is C15H16BrN7O3. The summed E-state index contributed by atoms with van der Waals surface area (Å²) < 4.78 is 10.2. The van der Waals surface area contributed by atoms with Crippen LogP contribution in [0, 0.1) is 6.92 Å². The number of halogens is 1. The minimum Gasteiger partial charge on any atom is -0.464 e. The fraction of sp³-hybridized carbons (Fsp3) is 0.267. The molecule has 1 amide bonds. The Bertz CT molecular complexity index is 972. The second kappa shape index (κ2) is 7.12. The number of aromatic nitrogens is 6. The molecule has 1 N–H and O–H groups in total. The molecule has 0 saturated carbocycles. The van der Waals surface area contributed by atoms with Gasteiger partial charge in [0.25, 0.3) is 5.91 Å². The van der Waals surface area contributed by atoms with Crippen molar-refractivity contribution in [3.63, 3.8) is 0 Å². The molecule has 10 nitrogen and oxygen atoms in total. The third-order valence-electron chi connectivity index (χ3n) is 3.60. The van der Waals surface area contributed by atoms with E-state index in [0.717, 1.165) is 4.47 Å². The smallest absolute Gasteiger partial charge is 0.358 e. The van der Waals surface area contributed by atoms with Gasteiger partial charge in [-0.15, -0.1) is 0 Å². The number of anilines is 1. The Labute approximate surface area is 156 Å². The molecular weight excluding hydrogens is 406 g/mol. The molecule has 0 aliphatic rings. The van der Waals surface area contributed by atoms with Gasteiger partial charge in [-0.3, -0.25) is 14.2 Å².